The van der Waals surface area contributed by atoms with Crippen LogP contribution < -0.4 is 10.0 Å². The van der Waals surface area contributed by atoms with Crippen molar-refractivity contribution in [1.29, 1.82) is 0 Å². The van der Waals surface area contributed by atoms with E-state index in [1.54, 1.807) is 18.3 Å². The van der Waals surface area contributed by atoms with Gasteiger partial charge in [-0.15, -0.1) is 0 Å². The summed E-state index contributed by atoms with van der Waals surface area (Å²) in [6.07, 6.45) is 3.97. The largest absolute Gasteiger partial charge is 0.379 e. The number of hydrogen-bond donors (Lipinski definition) is 2. The molecule has 0 saturated heterocycles. The maximum Gasteiger partial charge on any atom is 0.229 e. The molecular formula is C14H20N4O2S. The highest BCUT2D eigenvalue weighted by Crippen LogP contribution is 2.15. The minimum absolute atomic E-state index is 0.555. The molecule has 114 valence electrons. The van der Waals surface area contributed by atoms with Gasteiger partial charge in [0.15, 0.2) is 0 Å². The highest BCUT2D eigenvalue weighted by atomic mass is 32.2. The topological polar surface area (TPSA) is 76.0 Å². The van der Waals surface area contributed by atoms with Crippen molar-refractivity contribution in [2.45, 2.75) is 26.4 Å². The van der Waals surface area contributed by atoms with E-state index in [4.69, 9.17) is 0 Å². The third kappa shape index (κ3) is 4.78. The second-order valence-corrected chi connectivity index (χ2v) is 6.60. The SMILES string of the molecule is CCCn1nccc1CNc1ccc(NS(C)(=O)=O)cc1. The molecular weight excluding hydrogens is 288 g/mol. The number of benzene rings is 1. The zero-order valence-corrected chi connectivity index (χ0v) is 13.0. The van der Waals surface area contributed by atoms with Crippen molar-refractivity contribution in [3.05, 3.63) is 42.2 Å². The second-order valence-electron chi connectivity index (χ2n) is 4.85. The lowest BCUT2D eigenvalue weighted by atomic mass is 10.3. The second kappa shape index (κ2) is 6.62. The normalized spacial score (nSPS) is 11.3. The molecule has 0 unspecified atom stereocenters. The summed E-state index contributed by atoms with van der Waals surface area (Å²) >= 11 is 0. The highest BCUT2D eigenvalue weighted by Gasteiger charge is 2.03. The summed E-state index contributed by atoms with van der Waals surface area (Å²) < 4.78 is 26.7. The van der Waals surface area contributed by atoms with Crippen LogP contribution in [0.1, 0.15) is 19.0 Å². The fourth-order valence-electron chi connectivity index (χ4n) is 1.99. The Morgan fingerprint density at radius 3 is 2.43 bits per heavy atom. The van der Waals surface area contributed by atoms with Gasteiger partial charge < -0.3 is 5.32 Å². The van der Waals surface area contributed by atoms with Crippen LogP contribution in [0.4, 0.5) is 11.4 Å². The van der Waals surface area contributed by atoms with Crippen molar-refractivity contribution in [3.63, 3.8) is 0 Å². The summed E-state index contributed by atoms with van der Waals surface area (Å²) in [5.41, 5.74) is 2.60. The van der Waals surface area contributed by atoms with E-state index in [2.05, 4.69) is 22.1 Å². The van der Waals surface area contributed by atoms with Crippen molar-refractivity contribution in [3.8, 4) is 0 Å². The summed E-state index contributed by atoms with van der Waals surface area (Å²) in [6, 6.07) is 9.13. The molecule has 0 fully saturated rings. The van der Waals surface area contributed by atoms with Gasteiger partial charge in [0.2, 0.25) is 10.0 Å². The smallest absolute Gasteiger partial charge is 0.229 e. The van der Waals surface area contributed by atoms with Crippen molar-refractivity contribution in [2.24, 2.45) is 0 Å². The number of aromatic nitrogens is 2. The van der Waals surface area contributed by atoms with Crippen LogP contribution >= 0.6 is 0 Å². The number of aryl methyl sites for hydroxylation is 1. The Labute approximate surface area is 125 Å². The van der Waals surface area contributed by atoms with Crippen LogP contribution in [-0.2, 0) is 23.1 Å². The first-order valence-corrected chi connectivity index (χ1v) is 8.69. The molecule has 0 amide bonds. The first-order chi connectivity index (χ1) is 9.98. The van der Waals surface area contributed by atoms with Crippen LogP contribution in [-0.4, -0.2) is 24.5 Å². The number of anilines is 2. The molecule has 2 rings (SSSR count). The first-order valence-electron chi connectivity index (χ1n) is 6.80. The molecule has 0 saturated carbocycles. The summed E-state index contributed by atoms with van der Waals surface area (Å²) in [6.45, 7) is 3.70. The molecule has 21 heavy (non-hydrogen) atoms. The lowest BCUT2D eigenvalue weighted by molar-refractivity contribution is 0.578. The van der Waals surface area contributed by atoms with Crippen LogP contribution in [0.3, 0.4) is 0 Å². The number of rotatable bonds is 7. The van der Waals surface area contributed by atoms with E-state index in [1.807, 2.05) is 22.9 Å². The van der Waals surface area contributed by atoms with Crippen LogP contribution in [0.15, 0.2) is 36.5 Å². The molecule has 2 aromatic rings. The Kier molecular flexibility index (Phi) is 4.85. The number of hydrogen-bond acceptors (Lipinski definition) is 4. The maximum atomic E-state index is 11.1. The average molecular weight is 308 g/mol. The maximum absolute atomic E-state index is 11.1. The zero-order valence-electron chi connectivity index (χ0n) is 12.2. The van der Waals surface area contributed by atoms with Gasteiger partial charge in [-0.25, -0.2) is 8.42 Å². The quantitative estimate of drug-likeness (QED) is 0.823. The number of nitrogens with one attached hydrogen (secondary N) is 2. The van der Waals surface area contributed by atoms with Gasteiger partial charge in [-0.2, -0.15) is 5.10 Å². The van der Waals surface area contributed by atoms with Gasteiger partial charge in [-0.05, 0) is 36.8 Å². The Bertz CT molecular complexity index is 677. The standard InChI is InChI=1S/C14H20N4O2S/c1-3-10-18-14(8-9-16-18)11-15-12-4-6-13(7-5-12)17-21(2,19)20/h4-9,15,17H,3,10-11H2,1-2H3. The van der Waals surface area contributed by atoms with E-state index in [9.17, 15) is 8.42 Å². The Balaban J connectivity index is 1.96. The van der Waals surface area contributed by atoms with Crippen molar-refractivity contribution < 1.29 is 8.42 Å². The molecule has 1 aromatic carbocycles. The van der Waals surface area contributed by atoms with E-state index >= 15 is 0 Å². The molecule has 0 radical (unpaired) electrons. The van der Waals surface area contributed by atoms with Crippen molar-refractivity contribution >= 4 is 21.4 Å². The third-order valence-electron chi connectivity index (χ3n) is 2.90. The average Bonchev–Trinajstić information content (AvgIpc) is 2.84. The van der Waals surface area contributed by atoms with Crippen LogP contribution in [0.5, 0.6) is 0 Å². The monoisotopic (exact) mass is 308 g/mol. The molecule has 7 heteroatoms. The molecule has 2 N–H and O–H groups in total. The van der Waals surface area contributed by atoms with Crippen LogP contribution in [0, 0.1) is 0 Å². The minimum Gasteiger partial charge on any atom is -0.379 e. The fraction of sp³-hybridized carbons (Fsp3) is 0.357. The summed E-state index contributed by atoms with van der Waals surface area (Å²) in [4.78, 5) is 0. The Morgan fingerprint density at radius 2 is 1.81 bits per heavy atom. The molecule has 0 spiro atoms. The summed E-state index contributed by atoms with van der Waals surface area (Å²) in [5.74, 6) is 0. The molecule has 1 aromatic heterocycles. The van der Waals surface area contributed by atoms with E-state index in [0.717, 1.165) is 30.6 Å². The minimum atomic E-state index is -3.23. The van der Waals surface area contributed by atoms with E-state index < -0.39 is 10.0 Å². The van der Waals surface area contributed by atoms with E-state index in [1.165, 1.54) is 0 Å². The Morgan fingerprint density at radius 1 is 1.14 bits per heavy atom. The zero-order chi connectivity index (χ0) is 15.3. The molecule has 0 aliphatic carbocycles. The lowest BCUT2D eigenvalue weighted by Crippen LogP contribution is -2.10. The lowest BCUT2D eigenvalue weighted by Gasteiger charge is -2.10. The van der Waals surface area contributed by atoms with Gasteiger partial charge in [0.05, 0.1) is 18.5 Å². The summed E-state index contributed by atoms with van der Waals surface area (Å²) in [5, 5.41) is 7.57. The van der Waals surface area contributed by atoms with Gasteiger partial charge in [-0.1, -0.05) is 6.92 Å². The number of sulfonamides is 1. The van der Waals surface area contributed by atoms with Crippen molar-refractivity contribution in [1.82, 2.24) is 9.78 Å². The predicted octanol–water partition coefficient (Wildman–Crippen LogP) is 2.28. The highest BCUT2D eigenvalue weighted by molar-refractivity contribution is 7.92. The van der Waals surface area contributed by atoms with Crippen LogP contribution in [0.25, 0.3) is 0 Å². The predicted molar refractivity (Wildman–Crippen MR) is 84.8 cm³/mol. The first kappa shape index (κ1) is 15.4. The Hall–Kier alpha value is -2.02. The number of nitrogens with zero attached hydrogens (tertiary/aromatic N) is 2. The molecule has 0 aliphatic rings. The van der Waals surface area contributed by atoms with Gasteiger partial charge in [-0.3, -0.25) is 9.40 Å². The van der Waals surface area contributed by atoms with Gasteiger partial charge in [0.25, 0.3) is 0 Å². The summed E-state index contributed by atoms with van der Waals surface area (Å²) in [7, 11) is -3.23. The van der Waals surface area contributed by atoms with Gasteiger partial charge in [0.1, 0.15) is 0 Å². The van der Waals surface area contributed by atoms with E-state index in [-0.39, 0.29) is 0 Å². The molecule has 0 atom stereocenters. The fourth-order valence-corrected chi connectivity index (χ4v) is 2.55. The molecule has 0 aliphatic heterocycles. The van der Waals surface area contributed by atoms with Crippen LogP contribution in [0.2, 0.25) is 0 Å². The third-order valence-corrected chi connectivity index (χ3v) is 3.51. The molecule has 0 bridgehead atoms. The molecule has 1 heterocycles. The van der Waals surface area contributed by atoms with Crippen molar-refractivity contribution in [2.75, 3.05) is 16.3 Å². The molecule has 6 nitrogen and oxygen atoms in total. The van der Waals surface area contributed by atoms with Gasteiger partial charge in [0, 0.05) is 24.1 Å². The van der Waals surface area contributed by atoms with E-state index in [0.29, 0.717) is 12.2 Å². The van der Waals surface area contributed by atoms with Gasteiger partial charge >= 0.3 is 0 Å².